The fraction of sp³-hybridized carbons (Fsp3) is 0.393. The minimum absolute atomic E-state index is 0.215. The summed E-state index contributed by atoms with van der Waals surface area (Å²) in [6.45, 7) is 1.34. The number of amides is 1. The Kier molecular flexibility index (Phi) is 8.29. The fourth-order valence-corrected chi connectivity index (χ4v) is 7.00. The van der Waals surface area contributed by atoms with Crippen LogP contribution in [0.15, 0.2) is 59.6 Å². The van der Waals surface area contributed by atoms with Crippen LogP contribution in [-0.2, 0) is 24.1 Å². The van der Waals surface area contributed by atoms with Gasteiger partial charge >= 0.3 is 5.97 Å². The van der Waals surface area contributed by atoms with Crippen molar-refractivity contribution in [3.63, 3.8) is 0 Å². The van der Waals surface area contributed by atoms with Gasteiger partial charge in [0.05, 0.1) is 34.9 Å². The zero-order valence-electron chi connectivity index (χ0n) is 21.5. The summed E-state index contributed by atoms with van der Waals surface area (Å²) in [6, 6.07) is 13.3. The first-order valence-electron chi connectivity index (χ1n) is 12.9. The lowest BCUT2D eigenvalue weighted by atomic mass is 9.84. The monoisotopic (exact) mass is 570 g/mol. The van der Waals surface area contributed by atoms with Crippen LogP contribution in [0.4, 0.5) is 5.13 Å². The van der Waals surface area contributed by atoms with Gasteiger partial charge in [-0.1, -0.05) is 29.5 Å². The normalized spacial score (nSPS) is 16.8. The largest absolute Gasteiger partial charge is 0.465 e. The van der Waals surface area contributed by atoms with Gasteiger partial charge in [-0.25, -0.2) is 18.2 Å². The summed E-state index contributed by atoms with van der Waals surface area (Å²) in [5.41, 5.74) is 1.13. The van der Waals surface area contributed by atoms with Crippen LogP contribution in [0.2, 0.25) is 0 Å². The Morgan fingerprint density at radius 1 is 1.10 bits per heavy atom. The highest BCUT2D eigenvalue weighted by Crippen LogP contribution is 2.36. The quantitative estimate of drug-likeness (QED) is 0.330. The highest BCUT2D eigenvalue weighted by Gasteiger charge is 2.37. The summed E-state index contributed by atoms with van der Waals surface area (Å²) in [5, 5.41) is 3.46. The minimum atomic E-state index is -3.30. The average Bonchev–Trinajstić information content (AvgIpc) is 3.74. The Morgan fingerprint density at radius 3 is 2.54 bits per heavy atom. The molecule has 0 spiro atoms. The van der Waals surface area contributed by atoms with Gasteiger partial charge in [-0.05, 0) is 73.9 Å². The SMILES string of the molecule is COC(=O)c1cccc(Oc2cnc(NC(=O)[C@H](CC3CCOCC3)c3ccc(S(=O)(=O)C4CC4)cc3)s2)c1. The molecule has 39 heavy (non-hydrogen) atoms. The first-order valence-corrected chi connectivity index (χ1v) is 15.2. The number of rotatable bonds is 10. The van der Waals surface area contributed by atoms with E-state index in [-0.39, 0.29) is 11.2 Å². The van der Waals surface area contributed by atoms with Crippen LogP contribution < -0.4 is 10.1 Å². The number of nitrogens with zero attached hydrogens (tertiary/aromatic N) is 1. The topological polar surface area (TPSA) is 121 Å². The first-order chi connectivity index (χ1) is 18.8. The fourth-order valence-electron chi connectivity index (χ4n) is 4.65. The minimum Gasteiger partial charge on any atom is -0.465 e. The smallest absolute Gasteiger partial charge is 0.337 e. The second-order valence-electron chi connectivity index (χ2n) is 9.75. The number of carbonyl (C=O) groups excluding carboxylic acids is 2. The van der Waals surface area contributed by atoms with Crippen LogP contribution in [0.3, 0.4) is 0 Å². The van der Waals surface area contributed by atoms with Crippen LogP contribution in [-0.4, -0.2) is 50.9 Å². The summed E-state index contributed by atoms with van der Waals surface area (Å²) in [6.07, 6.45) is 5.29. The number of benzene rings is 2. The summed E-state index contributed by atoms with van der Waals surface area (Å²) in [4.78, 5) is 29.9. The van der Waals surface area contributed by atoms with Gasteiger partial charge in [-0.3, -0.25) is 4.79 Å². The number of nitrogens with one attached hydrogen (secondary N) is 1. The van der Waals surface area contributed by atoms with Crippen molar-refractivity contribution < 1.29 is 32.2 Å². The van der Waals surface area contributed by atoms with Crippen molar-refractivity contribution in [1.29, 1.82) is 0 Å². The van der Waals surface area contributed by atoms with Crippen LogP contribution in [0.5, 0.6) is 10.8 Å². The molecule has 206 valence electrons. The molecule has 11 heteroatoms. The van der Waals surface area contributed by atoms with E-state index in [1.807, 2.05) is 0 Å². The number of carbonyl (C=O) groups is 2. The first kappa shape index (κ1) is 27.3. The van der Waals surface area contributed by atoms with Gasteiger partial charge in [0.15, 0.2) is 15.0 Å². The molecule has 1 saturated heterocycles. The lowest BCUT2D eigenvalue weighted by molar-refractivity contribution is -0.118. The third-order valence-electron chi connectivity index (χ3n) is 6.99. The molecule has 1 atom stereocenters. The average molecular weight is 571 g/mol. The maximum atomic E-state index is 13.5. The second kappa shape index (κ2) is 11.8. The van der Waals surface area contributed by atoms with E-state index >= 15 is 0 Å². The molecule has 1 saturated carbocycles. The summed E-state index contributed by atoms with van der Waals surface area (Å²) >= 11 is 1.17. The zero-order valence-corrected chi connectivity index (χ0v) is 23.1. The van der Waals surface area contributed by atoms with Crippen LogP contribution in [0.25, 0.3) is 0 Å². The van der Waals surface area contributed by atoms with Gasteiger partial charge in [-0.2, -0.15) is 0 Å². The molecule has 1 amide bonds. The molecule has 0 unspecified atom stereocenters. The number of hydrogen-bond acceptors (Lipinski definition) is 9. The summed E-state index contributed by atoms with van der Waals surface area (Å²) in [5.74, 6) is -0.394. The standard InChI is InChI=1S/C28H30N2O7S2/c1-35-27(32)20-3-2-4-21(16-20)37-25-17-29-28(38-25)30-26(31)24(15-18-11-13-36-14-12-18)19-5-7-22(8-6-19)39(33,34)23-9-10-23/h2-8,16-18,23-24H,9-15H2,1H3,(H,29,30,31)/t24-/m1/s1. The third-order valence-corrected chi connectivity index (χ3v) is 10.1. The molecule has 0 bridgehead atoms. The van der Waals surface area contributed by atoms with Crippen molar-refractivity contribution in [3.05, 3.63) is 65.9 Å². The summed E-state index contributed by atoms with van der Waals surface area (Å²) in [7, 11) is -1.99. The molecule has 3 aromatic rings. The lowest BCUT2D eigenvalue weighted by Gasteiger charge is -2.26. The maximum absolute atomic E-state index is 13.5. The Labute approximate surface area is 231 Å². The van der Waals surface area contributed by atoms with Crippen molar-refractivity contribution in [2.24, 2.45) is 5.92 Å². The van der Waals surface area contributed by atoms with E-state index in [1.54, 1.807) is 48.5 Å². The zero-order chi connectivity index (χ0) is 27.4. The number of thiazole rings is 1. The van der Waals surface area contributed by atoms with Crippen LogP contribution in [0.1, 0.15) is 53.9 Å². The molecular formula is C28H30N2O7S2. The Bertz CT molecular complexity index is 1430. The number of sulfone groups is 1. The van der Waals surface area contributed by atoms with E-state index in [1.165, 1.54) is 24.6 Å². The number of ether oxygens (including phenoxy) is 3. The molecule has 2 aromatic carbocycles. The molecule has 1 N–H and O–H groups in total. The number of anilines is 1. The van der Waals surface area contributed by atoms with Crippen molar-refractivity contribution in [2.75, 3.05) is 25.6 Å². The molecule has 1 aromatic heterocycles. The molecule has 2 fully saturated rings. The van der Waals surface area contributed by atoms with Crippen molar-refractivity contribution in [1.82, 2.24) is 4.98 Å². The molecule has 1 aliphatic heterocycles. The predicted molar refractivity (Wildman–Crippen MR) is 146 cm³/mol. The van der Waals surface area contributed by atoms with E-state index in [9.17, 15) is 18.0 Å². The van der Waals surface area contributed by atoms with Gasteiger partial charge in [-0.15, -0.1) is 0 Å². The van der Waals surface area contributed by atoms with E-state index < -0.39 is 21.7 Å². The molecule has 0 radical (unpaired) electrons. The molecule has 2 aliphatic rings. The number of esters is 1. The Balaban J connectivity index is 1.30. The predicted octanol–water partition coefficient (Wildman–Crippen LogP) is 5.20. The third kappa shape index (κ3) is 6.66. The van der Waals surface area contributed by atoms with Gasteiger partial charge in [0.25, 0.3) is 0 Å². The molecule has 5 rings (SSSR count). The van der Waals surface area contributed by atoms with Gasteiger partial charge in [0.1, 0.15) is 5.75 Å². The van der Waals surface area contributed by atoms with Crippen LogP contribution >= 0.6 is 11.3 Å². The van der Waals surface area contributed by atoms with Gasteiger partial charge < -0.3 is 19.5 Å². The van der Waals surface area contributed by atoms with Crippen molar-refractivity contribution in [3.8, 4) is 10.8 Å². The highest BCUT2D eigenvalue weighted by atomic mass is 32.2. The molecule has 1 aliphatic carbocycles. The molecular weight excluding hydrogens is 540 g/mol. The molecule has 9 nitrogen and oxygen atoms in total. The number of hydrogen-bond donors (Lipinski definition) is 1. The second-order valence-corrected chi connectivity index (χ2v) is 13.0. The van der Waals surface area contributed by atoms with Crippen LogP contribution in [0, 0.1) is 5.92 Å². The summed E-state index contributed by atoms with van der Waals surface area (Å²) < 4.78 is 41.3. The number of aromatic nitrogens is 1. The molecule has 2 heterocycles. The van der Waals surface area contributed by atoms with Crippen molar-refractivity contribution in [2.45, 2.75) is 48.2 Å². The van der Waals surface area contributed by atoms with Gasteiger partial charge in [0.2, 0.25) is 11.0 Å². The lowest BCUT2D eigenvalue weighted by Crippen LogP contribution is -2.26. The maximum Gasteiger partial charge on any atom is 0.337 e. The Morgan fingerprint density at radius 2 is 1.85 bits per heavy atom. The van der Waals surface area contributed by atoms with Gasteiger partial charge in [0, 0.05) is 13.2 Å². The van der Waals surface area contributed by atoms with E-state index in [0.29, 0.717) is 64.8 Å². The Hall–Kier alpha value is -3.28. The number of methoxy groups -OCH3 is 1. The van der Waals surface area contributed by atoms with E-state index in [2.05, 4.69) is 10.3 Å². The highest BCUT2D eigenvalue weighted by molar-refractivity contribution is 7.92. The van der Waals surface area contributed by atoms with Crippen molar-refractivity contribution >= 4 is 38.2 Å². The van der Waals surface area contributed by atoms with E-state index in [4.69, 9.17) is 14.2 Å². The van der Waals surface area contributed by atoms with E-state index in [0.717, 1.165) is 18.4 Å².